The zero-order valence-corrected chi connectivity index (χ0v) is 13.2. The Balaban J connectivity index is 2.24. The third-order valence-electron chi connectivity index (χ3n) is 3.58. The number of carbonyl (C=O) groups excluding carboxylic acids is 1. The molecule has 2 rings (SSSR count). The first-order valence-electron chi connectivity index (χ1n) is 7.41. The molecule has 0 heterocycles. The third-order valence-corrected chi connectivity index (χ3v) is 3.58. The Kier molecular flexibility index (Phi) is 4.59. The van der Waals surface area contributed by atoms with Crippen LogP contribution in [-0.2, 0) is 11.2 Å². The van der Waals surface area contributed by atoms with Crippen molar-refractivity contribution in [1.82, 2.24) is 5.32 Å². The molecule has 1 aliphatic rings. The minimum absolute atomic E-state index is 0.0924. The molecule has 0 aliphatic heterocycles. The molecule has 6 nitrogen and oxygen atoms in total. The number of alkyl carbamates (subject to hydrolysis) is 1. The van der Waals surface area contributed by atoms with Crippen molar-refractivity contribution in [3.63, 3.8) is 0 Å². The number of nitrogens with zero attached hydrogens (tertiary/aromatic N) is 1. The Morgan fingerprint density at radius 1 is 1.45 bits per heavy atom. The van der Waals surface area contributed by atoms with Crippen LogP contribution in [0.2, 0.25) is 0 Å². The number of nitrogens with one attached hydrogen (secondary N) is 1. The van der Waals surface area contributed by atoms with Crippen molar-refractivity contribution >= 4 is 11.9 Å². The molecule has 0 unspecified atom stereocenters. The Bertz CT molecular complexity index is 591. The lowest BCUT2D eigenvalue weighted by Crippen LogP contribution is -2.36. The fraction of sp³-hybridized carbons (Fsp3) is 0.500. The Morgan fingerprint density at radius 3 is 2.82 bits per heavy atom. The van der Waals surface area contributed by atoms with Crippen LogP contribution < -0.4 is 11.1 Å². The van der Waals surface area contributed by atoms with E-state index in [1.807, 2.05) is 39.0 Å². The summed E-state index contributed by atoms with van der Waals surface area (Å²) in [5.74, 6) is 0.0924. The number of ether oxygens (including phenoxy) is 1. The smallest absolute Gasteiger partial charge is 0.408 e. The van der Waals surface area contributed by atoms with Crippen LogP contribution >= 0.6 is 0 Å². The second-order valence-corrected chi connectivity index (χ2v) is 6.45. The molecule has 0 aromatic heterocycles. The van der Waals surface area contributed by atoms with E-state index in [-0.39, 0.29) is 11.9 Å². The zero-order valence-electron chi connectivity index (χ0n) is 13.2. The van der Waals surface area contributed by atoms with Crippen LogP contribution in [0.5, 0.6) is 0 Å². The maximum absolute atomic E-state index is 12.0. The van der Waals surface area contributed by atoms with E-state index in [0.29, 0.717) is 0 Å². The Morgan fingerprint density at radius 2 is 2.18 bits per heavy atom. The van der Waals surface area contributed by atoms with Crippen molar-refractivity contribution in [2.75, 3.05) is 0 Å². The van der Waals surface area contributed by atoms with Gasteiger partial charge in [0.1, 0.15) is 5.60 Å². The average Bonchev–Trinajstić information content (AvgIpc) is 2.44. The topological polar surface area (TPSA) is 96.9 Å². The molecule has 1 aliphatic carbocycles. The van der Waals surface area contributed by atoms with E-state index in [4.69, 9.17) is 15.7 Å². The molecular weight excluding hydrogens is 282 g/mol. The molecule has 1 atom stereocenters. The zero-order chi connectivity index (χ0) is 16.3. The van der Waals surface area contributed by atoms with Crippen LogP contribution in [0, 0.1) is 0 Å². The van der Waals surface area contributed by atoms with Crippen molar-refractivity contribution in [2.45, 2.75) is 51.7 Å². The molecular formula is C16H23N3O3. The summed E-state index contributed by atoms with van der Waals surface area (Å²) in [4.78, 5) is 12.0. The van der Waals surface area contributed by atoms with Crippen molar-refractivity contribution < 1.29 is 14.7 Å². The van der Waals surface area contributed by atoms with E-state index in [2.05, 4.69) is 10.5 Å². The van der Waals surface area contributed by atoms with Crippen LogP contribution in [0.25, 0.3) is 0 Å². The summed E-state index contributed by atoms with van der Waals surface area (Å²) in [5.41, 5.74) is 7.94. The average molecular weight is 305 g/mol. The van der Waals surface area contributed by atoms with E-state index in [0.717, 1.165) is 36.0 Å². The summed E-state index contributed by atoms with van der Waals surface area (Å²) in [7, 11) is 0. The van der Waals surface area contributed by atoms with Gasteiger partial charge >= 0.3 is 6.09 Å². The number of benzene rings is 1. The highest BCUT2D eigenvalue weighted by Gasteiger charge is 2.26. The molecule has 1 aromatic carbocycles. The van der Waals surface area contributed by atoms with Gasteiger partial charge < -0.3 is 21.0 Å². The number of fused-ring (bicyclic) bond motifs is 1. The van der Waals surface area contributed by atoms with E-state index >= 15 is 0 Å². The molecule has 0 saturated heterocycles. The lowest BCUT2D eigenvalue weighted by atomic mass is 9.84. The first-order valence-corrected chi connectivity index (χ1v) is 7.41. The highest BCUT2D eigenvalue weighted by Crippen LogP contribution is 2.32. The highest BCUT2D eigenvalue weighted by atomic mass is 16.6. The monoisotopic (exact) mass is 305 g/mol. The number of carbonyl (C=O) groups is 1. The predicted octanol–water partition coefficient (Wildman–Crippen LogP) is 2.68. The number of rotatable bonds is 2. The summed E-state index contributed by atoms with van der Waals surface area (Å²) in [6, 6.07) is 5.51. The van der Waals surface area contributed by atoms with Gasteiger partial charge in [-0.3, -0.25) is 0 Å². The number of oxime groups is 1. The summed E-state index contributed by atoms with van der Waals surface area (Å²) in [6.45, 7) is 5.49. The number of nitrogens with two attached hydrogens (primary N) is 1. The van der Waals surface area contributed by atoms with Crippen LogP contribution in [0.1, 0.15) is 56.3 Å². The maximum atomic E-state index is 12.0. The molecule has 1 aromatic rings. The molecule has 0 saturated carbocycles. The molecule has 0 spiro atoms. The van der Waals surface area contributed by atoms with Gasteiger partial charge in [0.05, 0.1) is 6.04 Å². The van der Waals surface area contributed by atoms with Gasteiger partial charge in [-0.15, -0.1) is 0 Å². The van der Waals surface area contributed by atoms with Gasteiger partial charge in [0.2, 0.25) is 0 Å². The van der Waals surface area contributed by atoms with Crippen LogP contribution in [0.4, 0.5) is 4.79 Å². The molecule has 0 fully saturated rings. The van der Waals surface area contributed by atoms with E-state index < -0.39 is 11.7 Å². The van der Waals surface area contributed by atoms with E-state index in [1.54, 1.807) is 0 Å². The molecule has 0 radical (unpaired) electrons. The van der Waals surface area contributed by atoms with Crippen LogP contribution in [0.3, 0.4) is 0 Å². The fourth-order valence-electron chi connectivity index (χ4n) is 2.74. The quantitative estimate of drug-likeness (QED) is 0.339. The minimum Gasteiger partial charge on any atom is -0.444 e. The normalized spacial score (nSPS) is 18.5. The number of hydrogen-bond donors (Lipinski definition) is 3. The molecule has 22 heavy (non-hydrogen) atoms. The van der Waals surface area contributed by atoms with Gasteiger partial charge in [-0.1, -0.05) is 23.4 Å². The number of hydrogen-bond acceptors (Lipinski definition) is 4. The fourth-order valence-corrected chi connectivity index (χ4v) is 2.74. The highest BCUT2D eigenvalue weighted by molar-refractivity contribution is 5.98. The Hall–Kier alpha value is -2.24. The predicted molar refractivity (Wildman–Crippen MR) is 84.0 cm³/mol. The van der Waals surface area contributed by atoms with Gasteiger partial charge in [-0.25, -0.2) is 4.79 Å². The third kappa shape index (κ3) is 3.69. The van der Waals surface area contributed by atoms with E-state index in [1.165, 1.54) is 0 Å². The van der Waals surface area contributed by atoms with Crippen molar-refractivity contribution in [3.8, 4) is 0 Å². The molecule has 6 heteroatoms. The SMILES string of the molecule is CC(C)(C)OC(=O)N[C@@H]1CCCc2c(C(N)=NO)cccc21. The van der Waals surface area contributed by atoms with Gasteiger partial charge in [0.25, 0.3) is 0 Å². The largest absolute Gasteiger partial charge is 0.444 e. The van der Waals surface area contributed by atoms with Gasteiger partial charge in [0, 0.05) is 5.56 Å². The van der Waals surface area contributed by atoms with E-state index in [9.17, 15) is 4.79 Å². The minimum atomic E-state index is -0.530. The Labute approximate surface area is 130 Å². The summed E-state index contributed by atoms with van der Waals surface area (Å²) < 4.78 is 5.32. The lowest BCUT2D eigenvalue weighted by molar-refractivity contribution is 0.0498. The lowest BCUT2D eigenvalue weighted by Gasteiger charge is -2.29. The second-order valence-electron chi connectivity index (χ2n) is 6.45. The van der Waals surface area contributed by atoms with Crippen molar-refractivity contribution in [2.24, 2.45) is 10.9 Å². The van der Waals surface area contributed by atoms with Gasteiger partial charge in [-0.2, -0.15) is 0 Å². The summed E-state index contributed by atoms with van der Waals surface area (Å²) >= 11 is 0. The number of amides is 1. The molecule has 120 valence electrons. The van der Waals surface area contributed by atoms with Gasteiger partial charge in [-0.05, 0) is 51.2 Å². The summed E-state index contributed by atoms with van der Waals surface area (Å²) in [6.07, 6.45) is 2.17. The summed E-state index contributed by atoms with van der Waals surface area (Å²) in [5, 5.41) is 14.9. The van der Waals surface area contributed by atoms with Crippen molar-refractivity contribution in [1.29, 1.82) is 0 Å². The van der Waals surface area contributed by atoms with Gasteiger partial charge in [0.15, 0.2) is 5.84 Å². The number of amidine groups is 1. The molecule has 0 bridgehead atoms. The first kappa shape index (κ1) is 16.1. The first-order chi connectivity index (χ1) is 10.3. The maximum Gasteiger partial charge on any atom is 0.408 e. The van der Waals surface area contributed by atoms with Crippen molar-refractivity contribution in [3.05, 3.63) is 34.9 Å². The standard InChI is InChI=1S/C16H23N3O3/c1-16(2,3)22-15(20)18-13-9-5-6-10-11(13)7-4-8-12(10)14(17)19-21/h4,7-8,13,21H,5-6,9H2,1-3H3,(H2,17,19)(H,18,20)/t13-/m1/s1. The van der Waals surface area contributed by atoms with Crippen LogP contribution in [-0.4, -0.2) is 22.7 Å². The second kappa shape index (κ2) is 6.25. The molecule has 1 amide bonds. The molecule has 4 N–H and O–H groups in total. The van der Waals surface area contributed by atoms with Crippen LogP contribution in [0.15, 0.2) is 23.4 Å².